The van der Waals surface area contributed by atoms with Crippen LogP contribution in [-0.4, -0.2) is 40.0 Å². The molecular formula is C15H26N6. The van der Waals surface area contributed by atoms with Gasteiger partial charge in [0.25, 0.3) is 0 Å². The molecular weight excluding hydrogens is 264 g/mol. The first-order chi connectivity index (χ1) is 10.3. The fraction of sp³-hybridized carbons (Fsp3) is 0.733. The zero-order valence-corrected chi connectivity index (χ0v) is 12.8. The van der Waals surface area contributed by atoms with E-state index in [1.54, 1.807) is 0 Å². The highest BCUT2D eigenvalue weighted by Gasteiger charge is 2.35. The topological polar surface area (TPSA) is 79.1 Å². The number of nitrogens with one attached hydrogen (secondary N) is 2. The Morgan fingerprint density at radius 3 is 2.90 bits per heavy atom. The Hall–Kier alpha value is -1.40. The van der Waals surface area contributed by atoms with Crippen LogP contribution in [0, 0.1) is 0 Å². The lowest BCUT2D eigenvalue weighted by Gasteiger charge is -2.32. The van der Waals surface area contributed by atoms with Gasteiger partial charge in [-0.15, -0.1) is 0 Å². The molecule has 2 aliphatic rings. The van der Waals surface area contributed by atoms with Crippen molar-refractivity contribution in [3.05, 3.63) is 11.9 Å². The molecule has 6 heteroatoms. The third kappa shape index (κ3) is 3.27. The van der Waals surface area contributed by atoms with Crippen molar-refractivity contribution in [3.8, 4) is 0 Å². The first-order valence-corrected chi connectivity index (χ1v) is 8.15. The van der Waals surface area contributed by atoms with E-state index in [0.29, 0.717) is 17.9 Å². The molecule has 2 atom stereocenters. The highest BCUT2D eigenvalue weighted by atomic mass is 15.3. The molecule has 0 aromatic carbocycles. The van der Waals surface area contributed by atoms with Crippen LogP contribution < -0.4 is 16.6 Å². The number of aromatic nitrogens is 2. The Bertz CT molecular complexity index is 477. The SMILES string of the molecule is CCCc1nc(NN)cc(NC2CCN3CCCCC23)n1. The van der Waals surface area contributed by atoms with Crippen LogP contribution in [0.25, 0.3) is 0 Å². The number of nitrogen functional groups attached to an aromatic ring is 1. The summed E-state index contributed by atoms with van der Waals surface area (Å²) in [6.07, 6.45) is 7.10. The minimum Gasteiger partial charge on any atom is -0.366 e. The predicted molar refractivity (Wildman–Crippen MR) is 85.1 cm³/mol. The summed E-state index contributed by atoms with van der Waals surface area (Å²) in [5.74, 6) is 7.97. The van der Waals surface area contributed by atoms with Gasteiger partial charge in [-0.2, -0.15) is 0 Å². The van der Waals surface area contributed by atoms with Gasteiger partial charge >= 0.3 is 0 Å². The lowest BCUT2D eigenvalue weighted by molar-refractivity contribution is 0.192. The van der Waals surface area contributed by atoms with Gasteiger partial charge in [0.05, 0.1) is 0 Å². The monoisotopic (exact) mass is 290 g/mol. The average Bonchev–Trinajstić information content (AvgIpc) is 2.91. The molecule has 6 nitrogen and oxygen atoms in total. The summed E-state index contributed by atoms with van der Waals surface area (Å²) >= 11 is 0. The summed E-state index contributed by atoms with van der Waals surface area (Å²) in [7, 11) is 0. The van der Waals surface area contributed by atoms with Crippen molar-refractivity contribution in [1.82, 2.24) is 14.9 Å². The van der Waals surface area contributed by atoms with Gasteiger partial charge in [-0.1, -0.05) is 13.3 Å². The van der Waals surface area contributed by atoms with Crippen LogP contribution in [0.5, 0.6) is 0 Å². The number of nitrogens with two attached hydrogens (primary N) is 1. The average molecular weight is 290 g/mol. The van der Waals surface area contributed by atoms with Gasteiger partial charge in [-0.25, -0.2) is 15.8 Å². The molecule has 116 valence electrons. The first kappa shape index (κ1) is 14.5. The van der Waals surface area contributed by atoms with Crippen molar-refractivity contribution >= 4 is 11.6 Å². The zero-order chi connectivity index (χ0) is 14.7. The number of hydrogen-bond acceptors (Lipinski definition) is 6. The Balaban J connectivity index is 1.73. The minimum atomic E-state index is 0.500. The molecule has 0 bridgehead atoms. The molecule has 2 aliphatic heterocycles. The third-order valence-corrected chi connectivity index (χ3v) is 4.58. The van der Waals surface area contributed by atoms with Crippen molar-refractivity contribution in [2.75, 3.05) is 23.8 Å². The molecule has 2 fully saturated rings. The van der Waals surface area contributed by atoms with Gasteiger partial charge in [-0.05, 0) is 32.2 Å². The summed E-state index contributed by atoms with van der Waals surface area (Å²) in [6, 6.07) is 3.07. The quantitative estimate of drug-likeness (QED) is 0.566. The van der Waals surface area contributed by atoms with E-state index in [4.69, 9.17) is 5.84 Å². The summed E-state index contributed by atoms with van der Waals surface area (Å²) in [5.41, 5.74) is 2.65. The Kier molecular flexibility index (Phi) is 4.55. The standard InChI is InChI=1S/C15H26N6/c1-2-5-13-18-14(10-15(19-13)20-16)17-11-7-9-21-8-4-3-6-12(11)21/h10-12H,2-9,16H2,1H3,(H2,17,18,19,20). The van der Waals surface area contributed by atoms with Gasteiger partial charge in [-0.3, -0.25) is 4.90 Å². The largest absolute Gasteiger partial charge is 0.366 e. The first-order valence-electron chi connectivity index (χ1n) is 8.15. The second-order valence-electron chi connectivity index (χ2n) is 6.09. The highest BCUT2D eigenvalue weighted by molar-refractivity contribution is 5.47. The normalized spacial score (nSPS) is 25.6. The molecule has 1 aromatic heterocycles. The van der Waals surface area contributed by atoms with E-state index >= 15 is 0 Å². The molecule has 21 heavy (non-hydrogen) atoms. The second-order valence-corrected chi connectivity index (χ2v) is 6.09. The summed E-state index contributed by atoms with van der Waals surface area (Å²) < 4.78 is 0. The van der Waals surface area contributed by atoms with Crippen LogP contribution in [0.1, 0.15) is 44.9 Å². The van der Waals surface area contributed by atoms with E-state index < -0.39 is 0 Å². The van der Waals surface area contributed by atoms with E-state index in [0.717, 1.165) is 24.5 Å². The Morgan fingerprint density at radius 1 is 1.24 bits per heavy atom. The molecule has 3 heterocycles. The molecule has 2 unspecified atom stereocenters. The third-order valence-electron chi connectivity index (χ3n) is 4.58. The predicted octanol–water partition coefficient (Wildman–Crippen LogP) is 1.75. The number of hydrazine groups is 1. The van der Waals surface area contributed by atoms with Crippen LogP contribution in [-0.2, 0) is 6.42 Å². The minimum absolute atomic E-state index is 0.500. The fourth-order valence-electron chi connectivity index (χ4n) is 3.59. The van der Waals surface area contributed by atoms with Crippen molar-refractivity contribution < 1.29 is 0 Å². The van der Waals surface area contributed by atoms with E-state index in [9.17, 15) is 0 Å². The van der Waals surface area contributed by atoms with Crippen molar-refractivity contribution in [1.29, 1.82) is 0 Å². The summed E-state index contributed by atoms with van der Waals surface area (Å²) in [6.45, 7) is 4.59. The van der Waals surface area contributed by atoms with E-state index in [-0.39, 0.29) is 0 Å². The smallest absolute Gasteiger partial charge is 0.145 e. The molecule has 0 aliphatic carbocycles. The van der Waals surface area contributed by atoms with Crippen LogP contribution in [0.2, 0.25) is 0 Å². The van der Waals surface area contributed by atoms with Crippen LogP contribution in [0.15, 0.2) is 6.07 Å². The van der Waals surface area contributed by atoms with E-state index in [1.165, 1.54) is 38.8 Å². The molecule has 4 N–H and O–H groups in total. The maximum atomic E-state index is 5.52. The zero-order valence-electron chi connectivity index (χ0n) is 12.8. The van der Waals surface area contributed by atoms with Crippen LogP contribution in [0.3, 0.4) is 0 Å². The second kappa shape index (κ2) is 6.58. The van der Waals surface area contributed by atoms with E-state index in [1.807, 2.05) is 6.07 Å². The van der Waals surface area contributed by atoms with Gasteiger partial charge < -0.3 is 10.7 Å². The van der Waals surface area contributed by atoms with Crippen LogP contribution >= 0.6 is 0 Å². The molecule has 0 amide bonds. The van der Waals surface area contributed by atoms with Crippen molar-refractivity contribution in [3.63, 3.8) is 0 Å². The highest BCUT2D eigenvalue weighted by Crippen LogP contribution is 2.29. The van der Waals surface area contributed by atoms with Gasteiger partial charge in [0.1, 0.15) is 17.5 Å². The van der Waals surface area contributed by atoms with Gasteiger partial charge in [0.15, 0.2) is 0 Å². The van der Waals surface area contributed by atoms with Gasteiger partial charge in [0, 0.05) is 31.1 Å². The number of rotatable bonds is 5. The maximum absolute atomic E-state index is 5.52. The summed E-state index contributed by atoms with van der Waals surface area (Å²) in [4.78, 5) is 11.7. The number of nitrogens with zero attached hydrogens (tertiary/aromatic N) is 3. The number of fused-ring (bicyclic) bond motifs is 1. The van der Waals surface area contributed by atoms with Crippen molar-refractivity contribution in [2.45, 2.75) is 57.5 Å². The lowest BCUT2D eigenvalue weighted by atomic mass is 9.99. The van der Waals surface area contributed by atoms with Crippen LogP contribution in [0.4, 0.5) is 11.6 Å². The molecule has 1 aromatic rings. The lowest BCUT2D eigenvalue weighted by Crippen LogP contribution is -2.41. The number of piperidine rings is 1. The molecule has 2 saturated heterocycles. The summed E-state index contributed by atoms with van der Waals surface area (Å²) in [5, 5.41) is 3.63. The molecule has 0 saturated carbocycles. The number of aryl methyl sites for hydroxylation is 1. The molecule has 3 rings (SSSR count). The maximum Gasteiger partial charge on any atom is 0.145 e. The van der Waals surface area contributed by atoms with Crippen molar-refractivity contribution in [2.24, 2.45) is 5.84 Å². The molecule has 0 radical (unpaired) electrons. The number of anilines is 2. The molecule has 0 spiro atoms. The Morgan fingerprint density at radius 2 is 2.10 bits per heavy atom. The fourth-order valence-corrected chi connectivity index (χ4v) is 3.59. The number of hydrogen-bond donors (Lipinski definition) is 3. The Labute approximate surface area is 126 Å². The van der Waals surface area contributed by atoms with E-state index in [2.05, 4.69) is 32.5 Å². The van der Waals surface area contributed by atoms with Gasteiger partial charge in [0.2, 0.25) is 0 Å².